The molecule has 0 amide bonds. The predicted molar refractivity (Wildman–Crippen MR) is 108 cm³/mol. The molecule has 0 spiro atoms. The molecule has 8 nitrogen and oxygen atoms in total. The fourth-order valence-electron chi connectivity index (χ4n) is 2.51. The van der Waals surface area contributed by atoms with Gasteiger partial charge in [0.05, 0.1) is 10.2 Å². The van der Waals surface area contributed by atoms with Gasteiger partial charge in [-0.1, -0.05) is 30.3 Å². The number of halogens is 2. The van der Waals surface area contributed by atoms with Crippen LogP contribution in [-0.4, -0.2) is 46.5 Å². The minimum absolute atomic E-state index is 0.0441. The van der Waals surface area contributed by atoms with Crippen molar-refractivity contribution >= 4 is 27.5 Å². The highest BCUT2D eigenvalue weighted by Gasteiger charge is 2.18. The molecule has 152 valence electrons. The summed E-state index contributed by atoms with van der Waals surface area (Å²) in [6, 6.07) is 14.2. The number of hydroxylamine groups is 1. The fourth-order valence-corrected chi connectivity index (χ4v) is 2.87. The van der Waals surface area contributed by atoms with E-state index in [4.69, 9.17) is 9.37 Å². The van der Waals surface area contributed by atoms with Gasteiger partial charge in [0.2, 0.25) is 5.69 Å². The molecular formula is C19H19BrFN5O3. The maximum atomic E-state index is 13.4. The van der Waals surface area contributed by atoms with Gasteiger partial charge in [0.1, 0.15) is 12.4 Å². The number of amidine groups is 1. The van der Waals surface area contributed by atoms with Crippen LogP contribution in [0.1, 0.15) is 11.3 Å². The van der Waals surface area contributed by atoms with Crippen molar-refractivity contribution in [1.29, 1.82) is 0 Å². The Morgan fingerprint density at radius 2 is 2.07 bits per heavy atom. The number of aliphatic imine (C=N–C) groups is 1. The number of likely N-dealkylation sites (N-methyl/N-ethyl adjacent to an activating group) is 1. The van der Waals surface area contributed by atoms with E-state index in [-0.39, 0.29) is 21.9 Å². The summed E-state index contributed by atoms with van der Waals surface area (Å²) in [5.41, 5.74) is 3.62. The first-order valence-corrected chi connectivity index (χ1v) is 9.48. The molecule has 0 bridgehead atoms. The van der Waals surface area contributed by atoms with Gasteiger partial charge in [-0.25, -0.2) is 14.0 Å². The number of ether oxygens (including phenoxy) is 1. The van der Waals surface area contributed by atoms with Crippen LogP contribution in [-0.2, 0) is 6.54 Å². The second-order valence-electron chi connectivity index (χ2n) is 6.16. The number of aromatic nitrogens is 2. The molecule has 0 saturated heterocycles. The highest BCUT2D eigenvalue weighted by atomic mass is 79.9. The lowest BCUT2D eigenvalue weighted by atomic mass is 10.2. The molecule has 3 rings (SSSR count). The number of benzene rings is 2. The van der Waals surface area contributed by atoms with E-state index in [1.54, 1.807) is 0 Å². The van der Waals surface area contributed by atoms with Crippen molar-refractivity contribution in [3.63, 3.8) is 0 Å². The monoisotopic (exact) mass is 463 g/mol. The Labute approximate surface area is 175 Å². The summed E-state index contributed by atoms with van der Waals surface area (Å²) < 4.78 is 24.0. The summed E-state index contributed by atoms with van der Waals surface area (Å²) in [5.74, 6) is -0.383. The molecule has 0 atom stereocenters. The Balaban J connectivity index is 1.63. The van der Waals surface area contributed by atoms with Gasteiger partial charge in [-0.15, -0.1) is 0 Å². The average Bonchev–Trinajstić information content (AvgIpc) is 3.18. The van der Waals surface area contributed by atoms with E-state index in [1.165, 1.54) is 23.8 Å². The van der Waals surface area contributed by atoms with Crippen molar-refractivity contribution in [2.75, 3.05) is 20.2 Å². The van der Waals surface area contributed by atoms with E-state index in [0.717, 1.165) is 6.54 Å². The van der Waals surface area contributed by atoms with Gasteiger partial charge < -0.3 is 4.74 Å². The molecule has 1 aromatic heterocycles. The molecule has 0 saturated carbocycles. The molecule has 2 aromatic carbocycles. The lowest BCUT2D eigenvalue weighted by Gasteiger charge is -2.16. The number of nitrogens with zero attached hydrogens (tertiary/aromatic N) is 4. The van der Waals surface area contributed by atoms with Crippen LogP contribution in [0.15, 0.2) is 62.6 Å². The van der Waals surface area contributed by atoms with Crippen molar-refractivity contribution in [1.82, 2.24) is 20.7 Å². The number of hydrogen-bond donors (Lipinski definition) is 2. The van der Waals surface area contributed by atoms with Crippen LogP contribution >= 0.6 is 15.9 Å². The van der Waals surface area contributed by atoms with E-state index in [0.29, 0.717) is 18.8 Å². The summed E-state index contributed by atoms with van der Waals surface area (Å²) in [5, 5.41) is 16.9. The molecule has 3 aromatic rings. The average molecular weight is 464 g/mol. The molecule has 1 heterocycles. The SMILES string of the molecule is CN(CCOc1nonc1C(=Nc1ccc(F)c(Br)c1)NO)Cc1ccccc1. The van der Waals surface area contributed by atoms with Crippen molar-refractivity contribution in [3.8, 4) is 5.88 Å². The highest BCUT2D eigenvalue weighted by molar-refractivity contribution is 9.10. The Kier molecular flexibility index (Phi) is 7.28. The van der Waals surface area contributed by atoms with E-state index in [9.17, 15) is 9.60 Å². The van der Waals surface area contributed by atoms with E-state index in [2.05, 4.69) is 48.3 Å². The zero-order chi connectivity index (χ0) is 20.6. The van der Waals surface area contributed by atoms with Gasteiger partial charge in [0.15, 0.2) is 5.84 Å². The summed E-state index contributed by atoms with van der Waals surface area (Å²) in [6.07, 6.45) is 0. The molecule has 2 N–H and O–H groups in total. The number of hydrogen-bond acceptors (Lipinski definition) is 7. The topological polar surface area (TPSA) is 96.0 Å². The summed E-state index contributed by atoms with van der Waals surface area (Å²) in [4.78, 5) is 6.28. The standard InChI is InChI=1S/C19H19BrFN5O3/c1-26(12-13-5-3-2-4-6-13)9-10-28-19-17(24-29-25-19)18(23-27)22-14-7-8-16(21)15(20)11-14/h2-8,11,27H,9-10,12H2,1H3,(H,22,23). The van der Waals surface area contributed by atoms with Crippen LogP contribution in [0.5, 0.6) is 5.88 Å². The Hall–Kier alpha value is -2.82. The quantitative estimate of drug-likeness (QED) is 0.299. The second kappa shape index (κ2) is 10.1. The lowest BCUT2D eigenvalue weighted by Crippen LogP contribution is -2.25. The molecule has 0 aliphatic heterocycles. The largest absolute Gasteiger partial charge is 0.472 e. The summed E-state index contributed by atoms with van der Waals surface area (Å²) >= 11 is 3.09. The molecule has 0 unspecified atom stereocenters. The molecule has 0 aliphatic carbocycles. The molecule has 0 fully saturated rings. The van der Waals surface area contributed by atoms with Gasteiger partial charge in [-0.2, -0.15) is 0 Å². The van der Waals surface area contributed by atoms with Crippen molar-refractivity contribution in [3.05, 3.63) is 70.1 Å². The first-order chi connectivity index (χ1) is 14.1. The lowest BCUT2D eigenvalue weighted by molar-refractivity contribution is 0.212. The zero-order valence-corrected chi connectivity index (χ0v) is 17.1. The van der Waals surface area contributed by atoms with Crippen LogP contribution < -0.4 is 10.2 Å². The maximum absolute atomic E-state index is 13.4. The van der Waals surface area contributed by atoms with Gasteiger partial charge in [0.25, 0.3) is 5.88 Å². The number of nitrogens with one attached hydrogen (secondary N) is 1. The van der Waals surface area contributed by atoms with Gasteiger partial charge in [-0.05, 0) is 57.1 Å². The second-order valence-corrected chi connectivity index (χ2v) is 7.01. The minimum Gasteiger partial charge on any atom is -0.472 e. The first-order valence-electron chi connectivity index (χ1n) is 8.69. The normalized spacial score (nSPS) is 11.7. The number of rotatable bonds is 8. The van der Waals surface area contributed by atoms with Crippen molar-refractivity contribution in [2.24, 2.45) is 4.99 Å². The third-order valence-electron chi connectivity index (χ3n) is 3.94. The van der Waals surface area contributed by atoms with Crippen LogP contribution in [0, 0.1) is 5.82 Å². The highest BCUT2D eigenvalue weighted by Crippen LogP contribution is 2.23. The summed E-state index contributed by atoms with van der Waals surface area (Å²) in [6.45, 7) is 1.73. The van der Waals surface area contributed by atoms with Crippen molar-refractivity contribution in [2.45, 2.75) is 6.54 Å². The van der Waals surface area contributed by atoms with Gasteiger partial charge in [-0.3, -0.25) is 15.6 Å². The fraction of sp³-hybridized carbons (Fsp3) is 0.211. The van der Waals surface area contributed by atoms with Crippen LogP contribution in [0.3, 0.4) is 0 Å². The third kappa shape index (κ3) is 5.83. The third-order valence-corrected chi connectivity index (χ3v) is 4.55. The summed E-state index contributed by atoms with van der Waals surface area (Å²) in [7, 11) is 1.98. The minimum atomic E-state index is -0.422. The van der Waals surface area contributed by atoms with Gasteiger partial charge >= 0.3 is 0 Å². The first kappa shape index (κ1) is 20.9. The molecule has 0 aliphatic rings. The van der Waals surface area contributed by atoms with E-state index in [1.807, 2.05) is 30.7 Å². The molecule has 29 heavy (non-hydrogen) atoms. The predicted octanol–water partition coefficient (Wildman–Crippen LogP) is 3.54. The molecular weight excluding hydrogens is 445 g/mol. The van der Waals surface area contributed by atoms with Crippen LogP contribution in [0.4, 0.5) is 10.1 Å². The van der Waals surface area contributed by atoms with Crippen molar-refractivity contribution < 1.29 is 19.0 Å². The Bertz CT molecular complexity index is 967. The van der Waals surface area contributed by atoms with Crippen LogP contribution in [0.2, 0.25) is 0 Å². The Morgan fingerprint density at radius 1 is 1.28 bits per heavy atom. The Morgan fingerprint density at radius 3 is 2.79 bits per heavy atom. The van der Waals surface area contributed by atoms with Crippen LogP contribution in [0.25, 0.3) is 0 Å². The molecule has 10 heteroatoms. The zero-order valence-electron chi connectivity index (χ0n) is 15.5. The van der Waals surface area contributed by atoms with Gasteiger partial charge in [0, 0.05) is 13.1 Å². The smallest absolute Gasteiger partial charge is 0.287 e. The van der Waals surface area contributed by atoms with E-state index < -0.39 is 5.82 Å². The maximum Gasteiger partial charge on any atom is 0.287 e. The van der Waals surface area contributed by atoms with E-state index >= 15 is 0 Å². The molecule has 0 radical (unpaired) electrons.